The van der Waals surface area contributed by atoms with Gasteiger partial charge in [0, 0.05) is 31.9 Å². The van der Waals surface area contributed by atoms with E-state index >= 15 is 0 Å². The van der Waals surface area contributed by atoms with Gasteiger partial charge in [0.05, 0.1) is 13.2 Å². The number of rotatable bonds is 5. The summed E-state index contributed by atoms with van der Waals surface area (Å²) in [6.45, 7) is 3.32. The SMILES string of the molecule is O=C1C(=O)N(CN2CCN(c3ccccc3)CC2)C(=O)N1Cc1ccccc1. The van der Waals surface area contributed by atoms with Crippen molar-refractivity contribution < 1.29 is 14.4 Å². The minimum Gasteiger partial charge on any atom is -0.369 e. The van der Waals surface area contributed by atoms with Crippen LogP contribution in [-0.4, -0.2) is 65.4 Å². The Morgan fingerprint density at radius 3 is 1.89 bits per heavy atom. The van der Waals surface area contributed by atoms with Crippen LogP contribution >= 0.6 is 0 Å². The zero-order valence-electron chi connectivity index (χ0n) is 15.5. The second-order valence-electron chi connectivity index (χ2n) is 6.97. The number of hydrogen-bond acceptors (Lipinski definition) is 5. The molecule has 0 N–H and O–H groups in total. The van der Waals surface area contributed by atoms with Gasteiger partial charge in [0.15, 0.2) is 0 Å². The number of hydrogen-bond donors (Lipinski definition) is 0. The highest BCUT2D eigenvalue weighted by molar-refractivity contribution is 6.44. The van der Waals surface area contributed by atoms with Gasteiger partial charge in [-0.15, -0.1) is 0 Å². The lowest BCUT2D eigenvalue weighted by atomic mass is 10.2. The molecule has 144 valence electrons. The molecule has 0 aliphatic carbocycles. The Labute approximate surface area is 163 Å². The van der Waals surface area contributed by atoms with Crippen molar-refractivity contribution in [1.82, 2.24) is 14.7 Å². The molecule has 0 saturated carbocycles. The van der Waals surface area contributed by atoms with Crippen LogP contribution < -0.4 is 4.90 Å². The second-order valence-corrected chi connectivity index (χ2v) is 6.97. The average molecular weight is 378 g/mol. The number of nitrogens with zero attached hydrogens (tertiary/aromatic N) is 4. The number of benzene rings is 2. The Bertz CT molecular complexity index is 864. The molecule has 2 aliphatic rings. The van der Waals surface area contributed by atoms with E-state index in [4.69, 9.17) is 0 Å². The molecule has 0 spiro atoms. The normalized spacial score (nSPS) is 18.3. The van der Waals surface area contributed by atoms with Gasteiger partial charge in [0.2, 0.25) is 0 Å². The van der Waals surface area contributed by atoms with Crippen LogP contribution in [0.25, 0.3) is 0 Å². The van der Waals surface area contributed by atoms with E-state index in [1.807, 2.05) is 53.4 Å². The molecule has 4 amide bonds. The third kappa shape index (κ3) is 3.61. The van der Waals surface area contributed by atoms with Gasteiger partial charge in [-0.05, 0) is 17.7 Å². The molecule has 2 fully saturated rings. The van der Waals surface area contributed by atoms with Crippen molar-refractivity contribution in [3.05, 3.63) is 66.2 Å². The predicted octanol–water partition coefficient (Wildman–Crippen LogP) is 1.76. The summed E-state index contributed by atoms with van der Waals surface area (Å²) in [7, 11) is 0. The maximum Gasteiger partial charge on any atom is 0.335 e. The number of carbonyl (C=O) groups is 3. The standard InChI is InChI=1S/C21H22N4O3/c26-19-20(27)25(21(28)24(19)15-17-7-3-1-4-8-17)16-22-11-13-23(14-12-22)18-9-5-2-6-10-18/h1-10H,11-16H2. The first kappa shape index (κ1) is 18.2. The molecular weight excluding hydrogens is 356 g/mol. The lowest BCUT2D eigenvalue weighted by Gasteiger charge is -2.37. The average Bonchev–Trinajstić information content (AvgIpc) is 2.94. The minimum absolute atomic E-state index is 0.114. The fraction of sp³-hybridized carbons (Fsp3) is 0.286. The van der Waals surface area contributed by atoms with E-state index in [0.29, 0.717) is 0 Å². The number of amides is 4. The molecule has 2 aliphatic heterocycles. The molecule has 2 aromatic carbocycles. The first-order valence-corrected chi connectivity index (χ1v) is 9.37. The molecule has 0 bridgehead atoms. The first-order chi connectivity index (χ1) is 13.6. The quantitative estimate of drug-likeness (QED) is 0.586. The molecule has 2 saturated heterocycles. The monoisotopic (exact) mass is 378 g/mol. The summed E-state index contributed by atoms with van der Waals surface area (Å²) in [5, 5.41) is 0. The molecule has 2 aromatic rings. The number of anilines is 1. The van der Waals surface area contributed by atoms with Crippen molar-refractivity contribution in [2.24, 2.45) is 0 Å². The Hall–Kier alpha value is -3.19. The van der Waals surface area contributed by atoms with E-state index in [0.717, 1.165) is 41.5 Å². The Morgan fingerprint density at radius 2 is 1.25 bits per heavy atom. The Morgan fingerprint density at radius 1 is 0.679 bits per heavy atom. The first-order valence-electron chi connectivity index (χ1n) is 9.37. The second kappa shape index (κ2) is 7.82. The van der Waals surface area contributed by atoms with Crippen LogP contribution in [0, 0.1) is 0 Å². The molecule has 0 unspecified atom stereocenters. The van der Waals surface area contributed by atoms with Gasteiger partial charge in [-0.2, -0.15) is 0 Å². The number of piperazine rings is 1. The predicted molar refractivity (Wildman–Crippen MR) is 104 cm³/mol. The summed E-state index contributed by atoms with van der Waals surface area (Å²) in [5.74, 6) is -1.50. The summed E-state index contributed by atoms with van der Waals surface area (Å²) in [5.41, 5.74) is 1.98. The van der Waals surface area contributed by atoms with Gasteiger partial charge in [-0.1, -0.05) is 48.5 Å². The number of imide groups is 2. The summed E-state index contributed by atoms with van der Waals surface area (Å²) in [4.78, 5) is 43.7. The Balaban J connectivity index is 1.37. The van der Waals surface area contributed by atoms with Crippen LogP contribution in [0.2, 0.25) is 0 Å². The van der Waals surface area contributed by atoms with E-state index < -0.39 is 17.8 Å². The van der Waals surface area contributed by atoms with Gasteiger partial charge in [0.1, 0.15) is 0 Å². The van der Waals surface area contributed by atoms with Gasteiger partial charge < -0.3 is 4.90 Å². The molecular formula is C21H22N4O3. The molecule has 0 aromatic heterocycles. The van der Waals surface area contributed by atoms with Crippen molar-refractivity contribution in [2.45, 2.75) is 6.54 Å². The van der Waals surface area contributed by atoms with Crippen molar-refractivity contribution in [2.75, 3.05) is 37.7 Å². The van der Waals surface area contributed by atoms with Crippen LogP contribution in [0.1, 0.15) is 5.56 Å². The van der Waals surface area contributed by atoms with E-state index in [-0.39, 0.29) is 13.2 Å². The highest BCUT2D eigenvalue weighted by Crippen LogP contribution is 2.19. The Kier molecular flexibility index (Phi) is 5.08. The highest BCUT2D eigenvalue weighted by Gasteiger charge is 2.45. The van der Waals surface area contributed by atoms with Crippen molar-refractivity contribution >= 4 is 23.5 Å². The summed E-state index contributed by atoms with van der Waals surface area (Å²) < 4.78 is 0. The zero-order chi connectivity index (χ0) is 19.5. The van der Waals surface area contributed by atoms with Crippen LogP contribution in [0.5, 0.6) is 0 Å². The minimum atomic E-state index is -0.753. The van der Waals surface area contributed by atoms with Crippen molar-refractivity contribution in [3.8, 4) is 0 Å². The topological polar surface area (TPSA) is 64.2 Å². The molecule has 28 heavy (non-hydrogen) atoms. The van der Waals surface area contributed by atoms with Gasteiger partial charge in [-0.3, -0.25) is 19.4 Å². The molecule has 0 atom stereocenters. The van der Waals surface area contributed by atoms with Crippen LogP contribution in [0.4, 0.5) is 10.5 Å². The van der Waals surface area contributed by atoms with Crippen molar-refractivity contribution in [1.29, 1.82) is 0 Å². The highest BCUT2D eigenvalue weighted by atomic mass is 16.2. The van der Waals surface area contributed by atoms with E-state index in [1.54, 1.807) is 0 Å². The van der Waals surface area contributed by atoms with Crippen LogP contribution in [0.15, 0.2) is 60.7 Å². The number of carbonyl (C=O) groups excluding carboxylic acids is 3. The molecule has 4 rings (SSSR count). The lowest BCUT2D eigenvalue weighted by molar-refractivity contribution is -0.144. The number of para-hydroxylation sites is 1. The maximum atomic E-state index is 12.7. The van der Waals surface area contributed by atoms with Gasteiger partial charge in [-0.25, -0.2) is 9.69 Å². The fourth-order valence-electron chi connectivity index (χ4n) is 3.57. The molecule has 7 nitrogen and oxygen atoms in total. The number of urea groups is 1. The van der Waals surface area contributed by atoms with E-state index in [9.17, 15) is 14.4 Å². The smallest absolute Gasteiger partial charge is 0.335 e. The fourth-order valence-corrected chi connectivity index (χ4v) is 3.57. The summed E-state index contributed by atoms with van der Waals surface area (Å²) in [6, 6.07) is 18.8. The molecule has 2 heterocycles. The van der Waals surface area contributed by atoms with Crippen LogP contribution in [0.3, 0.4) is 0 Å². The van der Waals surface area contributed by atoms with Gasteiger partial charge in [0.25, 0.3) is 0 Å². The lowest BCUT2D eigenvalue weighted by Crippen LogP contribution is -2.51. The summed E-state index contributed by atoms with van der Waals surface area (Å²) >= 11 is 0. The van der Waals surface area contributed by atoms with Crippen LogP contribution in [-0.2, 0) is 16.1 Å². The summed E-state index contributed by atoms with van der Waals surface area (Å²) in [6.07, 6.45) is 0. The molecule has 7 heteroatoms. The van der Waals surface area contributed by atoms with E-state index in [1.165, 1.54) is 5.69 Å². The zero-order valence-corrected chi connectivity index (χ0v) is 15.5. The third-order valence-electron chi connectivity index (χ3n) is 5.15. The largest absolute Gasteiger partial charge is 0.369 e. The third-order valence-corrected chi connectivity index (χ3v) is 5.15. The molecule has 0 radical (unpaired) electrons. The van der Waals surface area contributed by atoms with E-state index in [2.05, 4.69) is 17.0 Å². The van der Waals surface area contributed by atoms with Crippen molar-refractivity contribution in [3.63, 3.8) is 0 Å². The maximum absolute atomic E-state index is 12.7. The van der Waals surface area contributed by atoms with Gasteiger partial charge >= 0.3 is 17.8 Å².